The third kappa shape index (κ3) is 0.493. The average Bonchev–Trinajstić information content (AvgIpc) is 1.83. The van der Waals surface area contributed by atoms with E-state index in [1.165, 1.54) is 23.9 Å². The van der Waals surface area contributed by atoms with E-state index in [9.17, 15) is 0 Å². The fourth-order valence-electron chi connectivity index (χ4n) is 3.11. The third-order valence-corrected chi connectivity index (χ3v) is 3.92. The van der Waals surface area contributed by atoms with E-state index < -0.39 is 0 Å². The minimum Gasteiger partial charge on any atom is -0.320 e. The van der Waals surface area contributed by atoms with Crippen LogP contribution in [0.25, 0.3) is 0 Å². The van der Waals surface area contributed by atoms with Gasteiger partial charge in [-0.3, -0.25) is 0 Å². The first-order valence-electron chi connectivity index (χ1n) is 4.55. The van der Waals surface area contributed by atoms with E-state index in [1.807, 2.05) is 0 Å². The van der Waals surface area contributed by atoms with Crippen LogP contribution in [0.2, 0.25) is 0 Å². The standard InChI is InChI=1S/C9H18N/c1-4-5-10(3)8-6-9(10)7(8)2/h7-9H,4-6H2,1-3H3/q+1. The molecular weight excluding hydrogens is 122 g/mol. The van der Waals surface area contributed by atoms with E-state index in [4.69, 9.17) is 0 Å². The van der Waals surface area contributed by atoms with Gasteiger partial charge in [0, 0.05) is 0 Å². The summed E-state index contributed by atoms with van der Waals surface area (Å²) in [5, 5.41) is 0. The lowest BCUT2D eigenvalue weighted by Gasteiger charge is -2.71. The van der Waals surface area contributed by atoms with Gasteiger partial charge in [-0.15, -0.1) is 0 Å². The minimum atomic E-state index is 1.05. The molecule has 3 fully saturated rings. The molecule has 0 radical (unpaired) electrons. The van der Waals surface area contributed by atoms with Crippen LogP contribution in [0.15, 0.2) is 0 Å². The predicted octanol–water partition coefficient (Wildman–Crippen LogP) is 1.63. The van der Waals surface area contributed by atoms with E-state index in [1.54, 1.807) is 0 Å². The van der Waals surface area contributed by atoms with Crippen LogP contribution in [0.3, 0.4) is 0 Å². The first-order chi connectivity index (χ1) is 4.70. The van der Waals surface area contributed by atoms with Gasteiger partial charge >= 0.3 is 0 Å². The lowest BCUT2D eigenvalue weighted by molar-refractivity contribution is -1.05. The van der Waals surface area contributed by atoms with Crippen molar-refractivity contribution < 1.29 is 4.48 Å². The number of hydrogen-bond donors (Lipinski definition) is 0. The van der Waals surface area contributed by atoms with Crippen molar-refractivity contribution in [3.05, 3.63) is 0 Å². The van der Waals surface area contributed by atoms with Crippen LogP contribution in [-0.2, 0) is 0 Å². The highest BCUT2D eigenvalue weighted by Gasteiger charge is 2.68. The smallest absolute Gasteiger partial charge is 0.103 e. The Labute approximate surface area is 63.6 Å². The second kappa shape index (κ2) is 1.76. The summed E-state index contributed by atoms with van der Waals surface area (Å²) in [6.45, 7) is 6.13. The van der Waals surface area contributed by atoms with Crippen LogP contribution in [0.5, 0.6) is 0 Å². The van der Waals surface area contributed by atoms with Crippen molar-refractivity contribution >= 4 is 0 Å². The molecule has 0 aromatic carbocycles. The Morgan fingerprint density at radius 1 is 1.40 bits per heavy atom. The number of quaternary nitrogens is 1. The normalized spacial score (nSPS) is 57.3. The maximum atomic E-state index is 2.43. The van der Waals surface area contributed by atoms with Crippen LogP contribution >= 0.6 is 0 Å². The van der Waals surface area contributed by atoms with Gasteiger partial charge in [0.15, 0.2) is 0 Å². The molecule has 1 nitrogen and oxygen atoms in total. The fourth-order valence-corrected chi connectivity index (χ4v) is 3.11. The molecule has 1 aliphatic carbocycles. The van der Waals surface area contributed by atoms with Crippen molar-refractivity contribution in [1.82, 2.24) is 0 Å². The van der Waals surface area contributed by atoms with Crippen molar-refractivity contribution in [2.75, 3.05) is 13.6 Å². The summed E-state index contributed by atoms with van der Waals surface area (Å²) >= 11 is 0. The van der Waals surface area contributed by atoms with Gasteiger partial charge in [-0.2, -0.15) is 0 Å². The van der Waals surface area contributed by atoms with Crippen LogP contribution in [0.1, 0.15) is 26.7 Å². The summed E-state index contributed by atoms with van der Waals surface area (Å²) in [5.74, 6) is 1.05. The fraction of sp³-hybridized carbons (Fsp3) is 1.00. The van der Waals surface area contributed by atoms with Crippen molar-refractivity contribution in [3.63, 3.8) is 0 Å². The largest absolute Gasteiger partial charge is 0.320 e. The van der Waals surface area contributed by atoms with Crippen molar-refractivity contribution in [3.8, 4) is 0 Å². The molecule has 0 aromatic rings. The van der Waals surface area contributed by atoms with Crippen molar-refractivity contribution in [2.24, 2.45) is 5.92 Å². The average molecular weight is 140 g/mol. The van der Waals surface area contributed by atoms with Crippen molar-refractivity contribution in [1.29, 1.82) is 0 Å². The molecule has 1 heteroatoms. The molecule has 2 unspecified atom stereocenters. The second-order valence-corrected chi connectivity index (χ2v) is 4.30. The maximum absolute atomic E-state index is 2.43. The van der Waals surface area contributed by atoms with Gasteiger partial charge in [0.25, 0.3) is 0 Å². The van der Waals surface area contributed by atoms with Crippen molar-refractivity contribution in [2.45, 2.75) is 38.8 Å². The lowest BCUT2D eigenvalue weighted by atomic mass is 9.60. The Kier molecular flexibility index (Phi) is 1.17. The van der Waals surface area contributed by atoms with E-state index in [0.29, 0.717) is 0 Å². The third-order valence-electron chi connectivity index (χ3n) is 3.92. The van der Waals surface area contributed by atoms with Crippen LogP contribution in [0, 0.1) is 5.92 Å². The zero-order chi connectivity index (χ0) is 7.35. The van der Waals surface area contributed by atoms with Gasteiger partial charge in [0.1, 0.15) is 12.1 Å². The highest BCUT2D eigenvalue weighted by Crippen LogP contribution is 2.54. The van der Waals surface area contributed by atoms with Gasteiger partial charge < -0.3 is 4.48 Å². The topological polar surface area (TPSA) is 0 Å². The Morgan fingerprint density at radius 2 is 2.00 bits per heavy atom. The van der Waals surface area contributed by atoms with E-state index in [2.05, 4.69) is 20.9 Å². The summed E-state index contributed by atoms with van der Waals surface area (Å²) in [6, 6.07) is 2.09. The van der Waals surface area contributed by atoms with Gasteiger partial charge in [0.2, 0.25) is 0 Å². The molecule has 2 bridgehead atoms. The lowest BCUT2D eigenvalue weighted by Crippen LogP contribution is -2.85. The minimum absolute atomic E-state index is 1.05. The van der Waals surface area contributed by atoms with Crippen LogP contribution in [0.4, 0.5) is 0 Å². The molecule has 3 rings (SSSR count). The monoisotopic (exact) mass is 140 g/mol. The first kappa shape index (κ1) is 6.66. The van der Waals surface area contributed by atoms with E-state index in [-0.39, 0.29) is 0 Å². The molecule has 0 N–H and O–H groups in total. The van der Waals surface area contributed by atoms with Gasteiger partial charge in [-0.1, -0.05) is 13.8 Å². The molecule has 10 heavy (non-hydrogen) atoms. The Balaban J connectivity index is 1.97. The second-order valence-electron chi connectivity index (χ2n) is 4.30. The summed E-state index contributed by atoms with van der Waals surface area (Å²) in [4.78, 5) is 0. The van der Waals surface area contributed by atoms with Gasteiger partial charge in [-0.25, -0.2) is 0 Å². The zero-order valence-electron chi connectivity index (χ0n) is 7.30. The molecule has 0 aromatic heterocycles. The number of rotatable bonds is 2. The maximum Gasteiger partial charge on any atom is 0.103 e. The summed E-state index contributed by atoms with van der Waals surface area (Å²) in [7, 11) is 2.43. The molecule has 1 saturated carbocycles. The highest BCUT2D eigenvalue weighted by atomic mass is 15.5. The molecular formula is C9H18N+. The molecule has 3 aliphatic rings. The molecule has 0 spiro atoms. The molecule has 58 valence electrons. The number of hydrogen-bond acceptors (Lipinski definition) is 0. The molecule has 2 heterocycles. The van der Waals surface area contributed by atoms with Crippen LogP contribution in [-0.4, -0.2) is 30.2 Å². The molecule has 2 atom stereocenters. The first-order valence-corrected chi connectivity index (χ1v) is 4.55. The molecule has 2 saturated heterocycles. The Hall–Kier alpha value is -0.0400. The number of nitrogens with zero attached hydrogens (tertiary/aromatic N) is 1. The Bertz CT molecular complexity index is 143. The molecule has 0 amide bonds. The van der Waals surface area contributed by atoms with Crippen LogP contribution < -0.4 is 0 Å². The zero-order valence-corrected chi connectivity index (χ0v) is 7.30. The highest BCUT2D eigenvalue weighted by molar-refractivity contribution is 5.00. The van der Waals surface area contributed by atoms with E-state index in [0.717, 1.165) is 18.0 Å². The van der Waals surface area contributed by atoms with E-state index >= 15 is 0 Å². The summed E-state index contributed by atoms with van der Waals surface area (Å²) in [6.07, 6.45) is 2.88. The summed E-state index contributed by atoms with van der Waals surface area (Å²) in [5.41, 5.74) is 0. The predicted molar refractivity (Wildman–Crippen MR) is 42.7 cm³/mol. The quantitative estimate of drug-likeness (QED) is 0.511. The SMILES string of the molecule is CCC[N+]1(C)C2CC1C2C. The molecule has 2 aliphatic heterocycles. The summed E-state index contributed by atoms with van der Waals surface area (Å²) < 4.78 is 1.41. The van der Waals surface area contributed by atoms with Gasteiger partial charge in [0.05, 0.1) is 25.9 Å². The van der Waals surface area contributed by atoms with Gasteiger partial charge in [-0.05, 0) is 6.42 Å². The Morgan fingerprint density at radius 3 is 2.30 bits per heavy atom.